The fourth-order valence-corrected chi connectivity index (χ4v) is 1.54. The lowest BCUT2D eigenvalue weighted by Crippen LogP contribution is -1.84. The number of H-pyrrole nitrogens is 1. The second-order valence-corrected chi connectivity index (χ2v) is 3.79. The normalized spacial score (nSPS) is 11.2. The molecule has 2 aromatic heterocycles. The van der Waals surface area contributed by atoms with Crippen LogP contribution in [0.15, 0.2) is 35.1 Å². The molecule has 19 heavy (non-hydrogen) atoms. The van der Waals surface area contributed by atoms with Crippen molar-refractivity contribution in [1.82, 2.24) is 25.3 Å². The second kappa shape index (κ2) is 4.73. The molecule has 3 N–H and O–H groups in total. The quantitative estimate of drug-likeness (QED) is 0.687. The van der Waals surface area contributed by atoms with Crippen LogP contribution in [0.1, 0.15) is 11.5 Å². The van der Waals surface area contributed by atoms with E-state index < -0.39 is 0 Å². The van der Waals surface area contributed by atoms with Crippen LogP contribution in [0.5, 0.6) is 0 Å². The van der Waals surface area contributed by atoms with Crippen molar-refractivity contribution in [2.75, 3.05) is 5.73 Å². The van der Waals surface area contributed by atoms with Gasteiger partial charge in [-0.2, -0.15) is 10.1 Å². The average Bonchev–Trinajstić information content (AvgIpc) is 3.07. The van der Waals surface area contributed by atoms with Crippen molar-refractivity contribution in [2.45, 2.75) is 0 Å². The molecule has 1 aromatic carbocycles. The van der Waals surface area contributed by atoms with Crippen LogP contribution in [0.2, 0.25) is 0 Å². The van der Waals surface area contributed by atoms with Crippen molar-refractivity contribution in [1.29, 1.82) is 0 Å². The molecule has 0 fully saturated rings. The molecule has 0 aliphatic carbocycles. The van der Waals surface area contributed by atoms with Gasteiger partial charge in [-0.3, -0.25) is 5.10 Å². The number of nitrogens with one attached hydrogen (secondary N) is 1. The monoisotopic (exact) mass is 254 g/mol. The zero-order chi connectivity index (χ0) is 13.1. The van der Waals surface area contributed by atoms with Gasteiger partial charge in [0.15, 0.2) is 5.82 Å². The first kappa shape index (κ1) is 11.1. The van der Waals surface area contributed by atoms with E-state index >= 15 is 0 Å². The zero-order valence-electron chi connectivity index (χ0n) is 9.82. The van der Waals surface area contributed by atoms with Crippen LogP contribution in [0.4, 0.5) is 5.69 Å². The summed E-state index contributed by atoms with van der Waals surface area (Å²) in [6.45, 7) is 0. The molecule has 0 saturated carbocycles. The number of rotatable bonds is 3. The van der Waals surface area contributed by atoms with E-state index in [0.29, 0.717) is 23.2 Å². The number of nitrogen functional groups attached to an aromatic ring is 1. The number of aromatic nitrogens is 5. The molecule has 7 heteroatoms. The smallest absolute Gasteiger partial charge is 0.251 e. The summed E-state index contributed by atoms with van der Waals surface area (Å²) in [5.74, 6) is 1.21. The number of anilines is 1. The Balaban J connectivity index is 1.81. The molecular weight excluding hydrogens is 244 g/mol. The maximum Gasteiger partial charge on any atom is 0.251 e. The third kappa shape index (κ3) is 2.49. The van der Waals surface area contributed by atoms with Gasteiger partial charge in [0.05, 0.1) is 0 Å². The van der Waals surface area contributed by atoms with Gasteiger partial charge >= 0.3 is 0 Å². The molecule has 94 valence electrons. The highest BCUT2D eigenvalue weighted by Gasteiger charge is 2.08. The van der Waals surface area contributed by atoms with Crippen LogP contribution in [0, 0.1) is 0 Å². The Morgan fingerprint density at radius 1 is 1.26 bits per heavy atom. The summed E-state index contributed by atoms with van der Waals surface area (Å²) in [6.07, 6.45) is 4.93. The summed E-state index contributed by atoms with van der Waals surface area (Å²) >= 11 is 0. The van der Waals surface area contributed by atoms with Crippen LogP contribution in [-0.4, -0.2) is 25.3 Å². The SMILES string of the molecule is Nc1cccc(/C=C/c2nc(-c3ncn[nH]3)no2)c1. The van der Waals surface area contributed by atoms with Gasteiger partial charge in [0, 0.05) is 11.8 Å². The van der Waals surface area contributed by atoms with Crippen LogP contribution in [0.25, 0.3) is 23.8 Å². The Labute approximate surface area is 108 Å². The molecule has 7 nitrogen and oxygen atoms in total. The molecular formula is C12H10N6O. The first-order chi connectivity index (χ1) is 9.31. The molecule has 0 radical (unpaired) electrons. The number of hydrogen-bond acceptors (Lipinski definition) is 6. The second-order valence-electron chi connectivity index (χ2n) is 3.79. The highest BCUT2D eigenvalue weighted by atomic mass is 16.5. The minimum atomic E-state index is 0.365. The largest absolute Gasteiger partial charge is 0.399 e. The van der Waals surface area contributed by atoms with Crippen molar-refractivity contribution in [3.8, 4) is 11.6 Å². The van der Waals surface area contributed by atoms with Crippen molar-refractivity contribution < 1.29 is 4.52 Å². The van der Waals surface area contributed by atoms with Crippen molar-refractivity contribution in [3.63, 3.8) is 0 Å². The Hall–Kier alpha value is -2.96. The molecule has 0 aliphatic rings. The van der Waals surface area contributed by atoms with E-state index in [1.807, 2.05) is 30.3 Å². The molecule has 0 atom stereocenters. The molecule has 0 aliphatic heterocycles. The first-order valence-electron chi connectivity index (χ1n) is 5.54. The lowest BCUT2D eigenvalue weighted by atomic mass is 10.2. The molecule has 3 rings (SSSR count). The van der Waals surface area contributed by atoms with Crippen LogP contribution < -0.4 is 5.73 Å². The highest BCUT2D eigenvalue weighted by Crippen LogP contribution is 2.13. The lowest BCUT2D eigenvalue weighted by Gasteiger charge is -1.93. The number of nitrogens with two attached hydrogens (primary N) is 1. The molecule has 0 spiro atoms. The van der Waals surface area contributed by atoms with Crippen molar-refractivity contribution in [3.05, 3.63) is 42.0 Å². The van der Waals surface area contributed by atoms with E-state index in [0.717, 1.165) is 5.56 Å². The minimum Gasteiger partial charge on any atom is -0.399 e. The Bertz CT molecular complexity index is 701. The van der Waals surface area contributed by atoms with E-state index in [1.165, 1.54) is 6.33 Å². The number of aromatic amines is 1. The molecule has 0 amide bonds. The van der Waals surface area contributed by atoms with Gasteiger partial charge in [-0.15, -0.1) is 0 Å². The van der Waals surface area contributed by atoms with Gasteiger partial charge in [-0.1, -0.05) is 17.3 Å². The zero-order valence-corrected chi connectivity index (χ0v) is 9.82. The molecule has 3 aromatic rings. The fourth-order valence-electron chi connectivity index (χ4n) is 1.54. The van der Waals surface area contributed by atoms with E-state index in [4.69, 9.17) is 10.3 Å². The summed E-state index contributed by atoms with van der Waals surface area (Å²) in [6, 6.07) is 7.49. The third-order valence-electron chi connectivity index (χ3n) is 2.40. The minimum absolute atomic E-state index is 0.365. The first-order valence-corrected chi connectivity index (χ1v) is 5.54. The lowest BCUT2D eigenvalue weighted by molar-refractivity contribution is 0.411. The Morgan fingerprint density at radius 3 is 3.00 bits per heavy atom. The average molecular weight is 254 g/mol. The number of hydrogen-bond donors (Lipinski definition) is 2. The summed E-state index contributed by atoms with van der Waals surface area (Å²) in [7, 11) is 0. The predicted molar refractivity (Wildman–Crippen MR) is 69.5 cm³/mol. The standard InChI is InChI=1S/C12H10N6O/c13-9-3-1-2-8(6-9)4-5-10-16-12(18-19-10)11-14-7-15-17-11/h1-7H,13H2,(H,14,15,17)/b5-4+. The molecule has 0 saturated heterocycles. The van der Waals surface area contributed by atoms with Crippen molar-refractivity contribution in [2.24, 2.45) is 0 Å². The Morgan fingerprint density at radius 2 is 2.21 bits per heavy atom. The predicted octanol–water partition coefficient (Wildman–Crippen LogP) is 1.61. The summed E-state index contributed by atoms with van der Waals surface area (Å²) in [4.78, 5) is 8.10. The fraction of sp³-hybridized carbons (Fsp3) is 0. The maximum absolute atomic E-state index is 5.69. The third-order valence-corrected chi connectivity index (χ3v) is 2.40. The van der Waals surface area contributed by atoms with E-state index in [1.54, 1.807) is 6.08 Å². The van der Waals surface area contributed by atoms with Gasteiger partial charge in [0.1, 0.15) is 6.33 Å². The van der Waals surface area contributed by atoms with Crippen LogP contribution in [-0.2, 0) is 0 Å². The number of benzene rings is 1. The van der Waals surface area contributed by atoms with Gasteiger partial charge in [0.2, 0.25) is 5.82 Å². The van der Waals surface area contributed by atoms with E-state index in [2.05, 4.69) is 25.3 Å². The van der Waals surface area contributed by atoms with E-state index in [-0.39, 0.29) is 0 Å². The van der Waals surface area contributed by atoms with E-state index in [9.17, 15) is 0 Å². The van der Waals surface area contributed by atoms with Gasteiger partial charge < -0.3 is 10.3 Å². The molecule has 0 bridgehead atoms. The summed E-state index contributed by atoms with van der Waals surface area (Å²) in [5, 5.41) is 10.2. The molecule has 0 unspecified atom stereocenters. The van der Waals surface area contributed by atoms with Gasteiger partial charge in [-0.25, -0.2) is 4.98 Å². The van der Waals surface area contributed by atoms with Crippen LogP contribution >= 0.6 is 0 Å². The Kier molecular flexibility index (Phi) is 2.77. The van der Waals surface area contributed by atoms with Gasteiger partial charge in [0.25, 0.3) is 5.89 Å². The summed E-state index contributed by atoms with van der Waals surface area (Å²) < 4.78 is 5.07. The van der Waals surface area contributed by atoms with Gasteiger partial charge in [-0.05, 0) is 23.8 Å². The summed E-state index contributed by atoms with van der Waals surface area (Å²) in [5.41, 5.74) is 7.35. The maximum atomic E-state index is 5.69. The topological polar surface area (TPSA) is 107 Å². The number of nitrogens with zero attached hydrogens (tertiary/aromatic N) is 4. The van der Waals surface area contributed by atoms with Crippen molar-refractivity contribution >= 4 is 17.8 Å². The van der Waals surface area contributed by atoms with Crippen LogP contribution in [0.3, 0.4) is 0 Å². The highest BCUT2D eigenvalue weighted by molar-refractivity contribution is 5.68. The molecule has 2 heterocycles.